The Morgan fingerprint density at radius 3 is 0.732 bits per heavy atom. The molecule has 3 aliphatic carbocycles. The highest BCUT2D eigenvalue weighted by Crippen LogP contribution is 2.60. The molecule has 0 N–H and O–H groups in total. The van der Waals surface area contributed by atoms with Gasteiger partial charge in [0, 0.05) is 48.6 Å². The standard InChI is InChI=1S/2C47H32O.C41H28O/c1-47(2)39-24-9-7-20-36(39)45-31(22-12-25-40(45)47)29-14-11-15-30(28-29)43-32-16-3-5-18-34(32)44(35-19-6-4-17-33(35)43)38-23-13-27-42-46(38)37-21-8-10-26-41(37)48-42;1-47(2)39-21-9-7-17-36(39)45-31(19-11-22-40(45)47)29-25-27-30(28-26-29)43-32-13-3-5-15-34(32)44(35-16-6-4-14-33(35)43)38-20-12-24-42-46(38)37-18-8-10-23-41(37)48-42;1-41(2)33-21-9-7-17-29(33)39-31(19-11-22-34(39)41)37-25-13-3-5-15-27(25)38(28-16-6-4-14-26(28)37)32-20-12-24-36-40(32)30-18-8-10-23-35(30)42-36/h2*3-28H,1-2H3;3-24H,1-2H3/i3D,4D,5D,6D,16D,17D,18D,19D;2*3D,4D,5D,6D,13D,14D,15D,16D. The van der Waals surface area contributed by atoms with Crippen LogP contribution in [0.3, 0.4) is 0 Å². The van der Waals surface area contributed by atoms with Gasteiger partial charge in [0.2, 0.25) is 0 Å². The smallest absolute Gasteiger partial charge is 0.136 e. The SMILES string of the molecule is [2H]c1c([2H])c([2H])c2c(-c3cccc4oc5ccccc5c34)c3c([2H])c([2H])c([2H])c([2H])c3c(-c3ccc(-c4cccc5c4-c4ccccc4C5(C)C)cc3)c2c1[2H].[2H]c1c([2H])c([2H])c2c(-c3cccc4oc5ccccc5c34)c3c([2H])c([2H])c([2H])c([2H])c3c(-c3cccc(-c4cccc5c4-c4ccccc4C5(C)C)c3)c2c1[2H].[2H]c1c([2H])c([2H])c2c(-c3cccc4oc5ccccc5c34)c3c([2H])c([2H])c([2H])c([2H])c3c(-c3cccc4c3-c3ccccc3C4(C)C)c2c1[2H]. The topological polar surface area (TPSA) is 39.4 Å². The third-order valence-electron chi connectivity index (χ3n) is 29.2. The first-order chi connectivity index (χ1) is 77.8. The quantitative estimate of drug-likeness (QED) is 0.142. The van der Waals surface area contributed by atoms with Crippen molar-refractivity contribution in [2.75, 3.05) is 0 Å². The van der Waals surface area contributed by atoms with Crippen LogP contribution >= 0.6 is 0 Å². The summed E-state index contributed by atoms with van der Waals surface area (Å²) < 4.78 is 238. The Labute approximate surface area is 834 Å². The maximum Gasteiger partial charge on any atom is 0.136 e. The highest BCUT2D eigenvalue weighted by molar-refractivity contribution is 6.30. The zero-order valence-electron chi connectivity index (χ0n) is 99.6. The van der Waals surface area contributed by atoms with Crippen molar-refractivity contribution >= 4 is 130 Å². The van der Waals surface area contributed by atoms with Crippen LogP contribution in [-0.4, -0.2) is 0 Å². The molecule has 0 fully saturated rings. The average molecular weight is 1790 g/mol. The van der Waals surface area contributed by atoms with Crippen LogP contribution in [0.15, 0.2) is 462 Å². The third-order valence-corrected chi connectivity index (χ3v) is 29.2. The van der Waals surface area contributed by atoms with Gasteiger partial charge in [0.1, 0.15) is 33.5 Å². The van der Waals surface area contributed by atoms with E-state index in [9.17, 15) is 16.4 Å². The molecule has 29 rings (SSSR count). The molecule has 3 aromatic heterocycles. The van der Waals surface area contributed by atoms with Gasteiger partial charge >= 0.3 is 0 Å². The second kappa shape index (κ2) is 31.0. The highest BCUT2D eigenvalue weighted by Gasteiger charge is 2.41. The van der Waals surface area contributed by atoms with Crippen LogP contribution in [0.4, 0.5) is 0 Å². The lowest BCUT2D eigenvalue weighted by Crippen LogP contribution is -2.14. The Morgan fingerprint density at radius 2 is 0.384 bits per heavy atom. The summed E-state index contributed by atoms with van der Waals surface area (Å²) in [7, 11) is 0. The second-order valence-corrected chi connectivity index (χ2v) is 37.4. The molecule has 0 saturated heterocycles. The maximum atomic E-state index is 9.48. The minimum absolute atomic E-state index is 0.169. The van der Waals surface area contributed by atoms with E-state index in [4.69, 9.17) is 29.7 Å². The Morgan fingerprint density at radius 1 is 0.159 bits per heavy atom. The predicted octanol–water partition coefficient (Wildman–Crippen LogP) is 37.9. The summed E-state index contributed by atoms with van der Waals surface area (Å²) in [5.74, 6) is 0. The molecule has 3 aliphatic rings. The second-order valence-electron chi connectivity index (χ2n) is 37.4. The zero-order valence-corrected chi connectivity index (χ0v) is 75.6. The van der Waals surface area contributed by atoms with Crippen molar-refractivity contribution in [3.05, 3.63) is 482 Å². The lowest BCUT2D eigenvalue weighted by atomic mass is 9.80. The fourth-order valence-corrected chi connectivity index (χ4v) is 23.1. The molecule has 3 nitrogen and oxygen atoms in total. The Balaban J connectivity index is 0.000000117. The number of hydrogen-bond acceptors (Lipinski definition) is 3. The van der Waals surface area contributed by atoms with Crippen molar-refractivity contribution in [1.82, 2.24) is 0 Å². The highest BCUT2D eigenvalue weighted by atomic mass is 16.3. The average Bonchev–Trinajstić information content (AvgIpc) is 1.19. The molecule has 138 heavy (non-hydrogen) atoms. The molecule has 0 aliphatic heterocycles. The van der Waals surface area contributed by atoms with E-state index in [1.54, 1.807) is 18.2 Å². The number of rotatable bonds is 8. The van der Waals surface area contributed by atoms with Gasteiger partial charge in [-0.2, -0.15) is 0 Å². The van der Waals surface area contributed by atoms with E-state index >= 15 is 0 Å². The van der Waals surface area contributed by atoms with Crippen molar-refractivity contribution in [2.24, 2.45) is 0 Å². The first-order valence-corrected chi connectivity index (χ1v) is 46.3. The van der Waals surface area contributed by atoms with Crippen LogP contribution in [0, 0.1) is 0 Å². The van der Waals surface area contributed by atoms with E-state index in [1.165, 1.54) is 33.4 Å². The van der Waals surface area contributed by atoms with Crippen molar-refractivity contribution in [1.29, 1.82) is 0 Å². The Bertz CT molecular complexity index is 11000. The van der Waals surface area contributed by atoms with Crippen LogP contribution < -0.4 is 0 Å². The fourth-order valence-electron chi connectivity index (χ4n) is 23.1. The van der Waals surface area contributed by atoms with Crippen LogP contribution in [0.2, 0.25) is 0 Å². The van der Waals surface area contributed by atoms with Crippen molar-refractivity contribution in [3.63, 3.8) is 0 Å². The van der Waals surface area contributed by atoms with Crippen LogP contribution in [0.1, 0.15) is 108 Å². The van der Waals surface area contributed by atoms with E-state index in [2.05, 4.69) is 133 Å². The molecule has 0 atom stereocenters. The molecule has 0 spiro atoms. The minimum Gasteiger partial charge on any atom is -0.456 e. The first kappa shape index (κ1) is 59.6. The van der Waals surface area contributed by atoms with Crippen LogP contribution in [0.5, 0.6) is 0 Å². The Kier molecular flexibility index (Phi) is 13.4. The van der Waals surface area contributed by atoms with E-state index in [1.807, 2.05) is 194 Å². The first-order valence-electron chi connectivity index (χ1n) is 58.3. The minimum atomic E-state index is -0.436. The van der Waals surface area contributed by atoms with Gasteiger partial charge in [-0.1, -0.05) is 447 Å². The lowest BCUT2D eigenvalue weighted by molar-refractivity contribution is 0.660. The van der Waals surface area contributed by atoms with Crippen molar-refractivity contribution in [2.45, 2.75) is 57.8 Å². The van der Waals surface area contributed by atoms with E-state index in [-0.39, 0.29) is 153 Å². The van der Waals surface area contributed by atoms with Gasteiger partial charge in [0.25, 0.3) is 0 Å². The summed E-state index contributed by atoms with van der Waals surface area (Å²) in [6, 6.07) is 89.3. The molecule has 0 radical (unpaired) electrons. The number of furan rings is 3. The molecule has 650 valence electrons. The monoisotopic (exact) mass is 1780 g/mol. The fraction of sp³-hybridized carbons (Fsp3) is 0.0667. The summed E-state index contributed by atoms with van der Waals surface area (Å²) in [4.78, 5) is 0. The molecule has 0 amide bonds. The summed E-state index contributed by atoms with van der Waals surface area (Å²) in [5, 5.41) is 6.55. The van der Waals surface area contributed by atoms with Crippen LogP contribution in [0.25, 0.3) is 253 Å². The number of benzene rings is 23. The molecule has 0 bridgehead atoms. The molecule has 0 unspecified atom stereocenters. The van der Waals surface area contributed by atoms with Gasteiger partial charge in [-0.3, -0.25) is 0 Å². The number of fused-ring (bicyclic) bond motifs is 24. The van der Waals surface area contributed by atoms with Crippen molar-refractivity contribution in [3.8, 4) is 122 Å². The molecule has 23 aromatic carbocycles. The van der Waals surface area contributed by atoms with E-state index < -0.39 is 72.5 Å². The number of hydrogen-bond donors (Lipinski definition) is 0. The number of para-hydroxylation sites is 3. The molecule has 3 heterocycles. The molecular formula is C135H92O3. The zero-order chi connectivity index (χ0) is 113. The summed E-state index contributed by atoms with van der Waals surface area (Å²) in [6.45, 7) is 13.2. The molecular weight excluding hydrogens is 1670 g/mol. The Hall–Kier alpha value is -17.0. The van der Waals surface area contributed by atoms with Gasteiger partial charge in [-0.05, 0) is 263 Å². The largest absolute Gasteiger partial charge is 0.456 e. The van der Waals surface area contributed by atoms with Gasteiger partial charge in [-0.15, -0.1) is 0 Å². The van der Waals surface area contributed by atoms with E-state index in [0.29, 0.717) is 116 Å². The lowest BCUT2D eigenvalue weighted by Gasteiger charge is -2.22. The summed E-state index contributed by atoms with van der Waals surface area (Å²) >= 11 is 0. The summed E-state index contributed by atoms with van der Waals surface area (Å²) in [5.41, 5.74) is 25.5. The summed E-state index contributed by atoms with van der Waals surface area (Å²) in [6.07, 6.45) is 0. The molecule has 3 heteroatoms. The molecule has 0 saturated carbocycles. The van der Waals surface area contributed by atoms with Gasteiger partial charge < -0.3 is 13.3 Å². The molecule has 26 aromatic rings. The van der Waals surface area contributed by atoms with Gasteiger partial charge in [0.05, 0.1) is 32.9 Å². The third kappa shape index (κ3) is 12.0. The maximum absolute atomic E-state index is 9.48. The van der Waals surface area contributed by atoms with Crippen LogP contribution in [-0.2, 0) is 16.2 Å². The van der Waals surface area contributed by atoms with Gasteiger partial charge in [0.15, 0.2) is 0 Å². The predicted molar refractivity (Wildman–Crippen MR) is 582 cm³/mol. The van der Waals surface area contributed by atoms with Crippen molar-refractivity contribution < 1.29 is 46.1 Å². The van der Waals surface area contributed by atoms with Gasteiger partial charge in [-0.25, -0.2) is 0 Å². The normalized spacial score (nSPS) is 15.9. The van der Waals surface area contributed by atoms with E-state index in [0.717, 1.165) is 71.8 Å².